The predicted octanol–water partition coefficient (Wildman–Crippen LogP) is 4.96. The quantitative estimate of drug-likeness (QED) is 0.538. The van der Waals surface area contributed by atoms with Gasteiger partial charge in [-0.15, -0.1) is 0 Å². The predicted molar refractivity (Wildman–Crippen MR) is 110 cm³/mol. The van der Waals surface area contributed by atoms with Gasteiger partial charge in [0.15, 0.2) is 0 Å². The SMILES string of the molecule is C=C(C)[C@@H]1CC[C@@H](C)C2Oc3c(C(=O)O)c(CCCCC)cc(O)c3C21.O.[HH].[HH]. The number of ether oxygens (including phenoxy) is 1. The lowest BCUT2D eigenvalue weighted by atomic mass is 9.68. The Morgan fingerprint density at radius 2 is 2.07 bits per heavy atom. The number of fused-ring (bicyclic) bond motifs is 3. The van der Waals surface area contributed by atoms with Crippen LogP contribution in [0.3, 0.4) is 0 Å². The molecule has 1 fully saturated rings. The molecule has 0 spiro atoms. The molecule has 4 atom stereocenters. The van der Waals surface area contributed by atoms with E-state index in [1.54, 1.807) is 6.07 Å². The molecule has 27 heavy (non-hydrogen) atoms. The monoisotopic (exact) mass is 380 g/mol. The second kappa shape index (κ2) is 8.34. The van der Waals surface area contributed by atoms with E-state index in [0.717, 1.165) is 37.7 Å². The highest BCUT2D eigenvalue weighted by Gasteiger charge is 2.48. The molecular weight excluding hydrogens is 344 g/mol. The summed E-state index contributed by atoms with van der Waals surface area (Å²) >= 11 is 0. The molecule has 0 radical (unpaired) electrons. The molecule has 3 rings (SSSR count). The van der Waals surface area contributed by atoms with Crippen molar-refractivity contribution in [1.29, 1.82) is 0 Å². The molecule has 0 amide bonds. The van der Waals surface area contributed by atoms with Crippen molar-refractivity contribution >= 4 is 5.97 Å². The van der Waals surface area contributed by atoms with Crippen LogP contribution in [0.2, 0.25) is 0 Å². The number of carbonyl (C=O) groups is 1. The van der Waals surface area contributed by atoms with Gasteiger partial charge in [0.1, 0.15) is 23.2 Å². The Kier molecular flexibility index (Phi) is 6.58. The van der Waals surface area contributed by atoms with Crippen molar-refractivity contribution in [2.24, 2.45) is 11.8 Å². The molecule has 0 aromatic heterocycles. The molecule has 5 nitrogen and oxygen atoms in total. The minimum absolute atomic E-state index is 0. The molecule has 0 bridgehead atoms. The third-order valence-corrected chi connectivity index (χ3v) is 6.14. The van der Waals surface area contributed by atoms with Crippen LogP contribution in [0.15, 0.2) is 18.2 Å². The van der Waals surface area contributed by atoms with Crippen molar-refractivity contribution in [1.82, 2.24) is 0 Å². The van der Waals surface area contributed by atoms with E-state index in [4.69, 9.17) is 4.74 Å². The van der Waals surface area contributed by atoms with Gasteiger partial charge in [0.25, 0.3) is 0 Å². The fourth-order valence-electron chi connectivity index (χ4n) is 4.77. The number of aryl methyl sites for hydroxylation is 1. The molecule has 1 aromatic carbocycles. The maximum absolute atomic E-state index is 12.0. The summed E-state index contributed by atoms with van der Waals surface area (Å²) in [4.78, 5) is 12.0. The Balaban J connectivity index is 0.00000261. The molecular formula is C22H36O5. The van der Waals surface area contributed by atoms with E-state index in [1.165, 1.54) is 0 Å². The summed E-state index contributed by atoms with van der Waals surface area (Å²) in [6.45, 7) is 10.4. The van der Waals surface area contributed by atoms with Crippen LogP contribution >= 0.6 is 0 Å². The number of phenols is 1. The molecule has 5 heteroatoms. The zero-order chi connectivity index (χ0) is 19.0. The smallest absolute Gasteiger partial charge is 0.339 e. The first-order valence-electron chi connectivity index (χ1n) is 9.80. The highest BCUT2D eigenvalue weighted by molar-refractivity contribution is 5.94. The summed E-state index contributed by atoms with van der Waals surface area (Å²) in [6, 6.07) is 1.67. The third kappa shape index (κ3) is 3.70. The van der Waals surface area contributed by atoms with E-state index in [9.17, 15) is 15.0 Å². The summed E-state index contributed by atoms with van der Waals surface area (Å²) in [7, 11) is 0. The van der Waals surface area contributed by atoms with E-state index in [1.807, 2.05) is 6.92 Å². The Labute approximate surface area is 164 Å². The van der Waals surface area contributed by atoms with Gasteiger partial charge in [0, 0.05) is 14.3 Å². The van der Waals surface area contributed by atoms with Crippen molar-refractivity contribution in [3.05, 3.63) is 34.9 Å². The number of aromatic hydroxyl groups is 1. The molecule has 2 aliphatic rings. The minimum atomic E-state index is -0.967. The van der Waals surface area contributed by atoms with E-state index in [2.05, 4.69) is 20.4 Å². The van der Waals surface area contributed by atoms with Gasteiger partial charge >= 0.3 is 5.97 Å². The zero-order valence-corrected chi connectivity index (χ0v) is 16.5. The number of phenolic OH excluding ortho intramolecular Hbond substituents is 1. The number of unbranched alkanes of at least 4 members (excludes halogenated alkanes) is 2. The largest absolute Gasteiger partial charge is 0.508 e. The number of rotatable bonds is 6. The van der Waals surface area contributed by atoms with Crippen molar-refractivity contribution in [3.8, 4) is 11.5 Å². The van der Waals surface area contributed by atoms with Crippen LogP contribution in [0.1, 0.15) is 83.1 Å². The van der Waals surface area contributed by atoms with Crippen LogP contribution in [0, 0.1) is 11.8 Å². The normalized spacial score (nSPS) is 25.7. The van der Waals surface area contributed by atoms with Crippen molar-refractivity contribution in [3.63, 3.8) is 0 Å². The van der Waals surface area contributed by atoms with E-state index in [0.29, 0.717) is 29.2 Å². The lowest BCUT2D eigenvalue weighted by Crippen LogP contribution is -2.36. The standard InChI is InChI=1S/C22H30O4.H2O.2H2/c1-5-6-7-8-14-11-16(23)19-18-15(12(2)3)10-9-13(4)20(18)26-21(19)17(14)22(24)25;;;/h11,13,15,18,20,23H,2,5-10H2,1,3-4H3,(H,24,25);1H2;2*1H/t13-,15+,18?,20?;;;/m1.../s1. The third-order valence-electron chi connectivity index (χ3n) is 6.14. The van der Waals surface area contributed by atoms with Crippen LogP contribution in [0.4, 0.5) is 0 Å². The maximum atomic E-state index is 12.0. The molecule has 154 valence electrons. The van der Waals surface area contributed by atoms with Gasteiger partial charge in [-0.05, 0) is 56.1 Å². The Bertz CT molecular complexity index is 734. The Morgan fingerprint density at radius 1 is 1.37 bits per heavy atom. The maximum Gasteiger partial charge on any atom is 0.339 e. The molecule has 1 aromatic rings. The second-order valence-electron chi connectivity index (χ2n) is 8.05. The topological polar surface area (TPSA) is 98.3 Å². The average Bonchev–Trinajstić information content (AvgIpc) is 2.96. The van der Waals surface area contributed by atoms with E-state index < -0.39 is 5.97 Å². The highest BCUT2D eigenvalue weighted by atomic mass is 16.5. The van der Waals surface area contributed by atoms with Crippen molar-refractivity contribution in [2.45, 2.75) is 71.3 Å². The number of aromatic carboxylic acids is 1. The fourth-order valence-corrected chi connectivity index (χ4v) is 4.77. The molecule has 0 saturated heterocycles. The summed E-state index contributed by atoms with van der Waals surface area (Å²) in [5, 5.41) is 20.7. The van der Waals surface area contributed by atoms with Crippen LogP contribution in [0.25, 0.3) is 0 Å². The lowest BCUT2D eigenvalue weighted by molar-refractivity contribution is 0.0669. The Hall–Kier alpha value is -2.01. The number of hydrogen-bond acceptors (Lipinski definition) is 3. The number of hydrogen-bond donors (Lipinski definition) is 2. The van der Waals surface area contributed by atoms with Gasteiger partial charge in [-0.2, -0.15) is 0 Å². The van der Waals surface area contributed by atoms with Gasteiger partial charge in [0.05, 0.1) is 0 Å². The minimum Gasteiger partial charge on any atom is -0.508 e. The Morgan fingerprint density at radius 3 is 2.67 bits per heavy atom. The van der Waals surface area contributed by atoms with Gasteiger partial charge in [0.2, 0.25) is 0 Å². The van der Waals surface area contributed by atoms with Gasteiger partial charge in [-0.3, -0.25) is 0 Å². The molecule has 1 aliphatic carbocycles. The average molecular weight is 381 g/mol. The van der Waals surface area contributed by atoms with Crippen molar-refractivity contribution < 1.29 is 28.1 Å². The molecule has 1 heterocycles. The first kappa shape index (κ1) is 21.3. The van der Waals surface area contributed by atoms with Gasteiger partial charge in [-0.1, -0.05) is 38.8 Å². The summed E-state index contributed by atoms with van der Waals surface area (Å²) < 4.78 is 6.24. The fraction of sp³-hybridized carbons (Fsp3) is 0.591. The molecule has 1 saturated carbocycles. The number of carboxylic acid groups (broad SMARTS) is 1. The summed E-state index contributed by atoms with van der Waals surface area (Å²) in [6.07, 6.45) is 5.60. The second-order valence-corrected chi connectivity index (χ2v) is 8.05. The zero-order valence-electron chi connectivity index (χ0n) is 16.5. The highest BCUT2D eigenvalue weighted by Crippen LogP contribution is 2.56. The van der Waals surface area contributed by atoms with Crippen molar-refractivity contribution in [2.75, 3.05) is 0 Å². The number of benzene rings is 1. The lowest BCUT2D eigenvalue weighted by Gasteiger charge is -2.37. The van der Waals surface area contributed by atoms with E-state index in [-0.39, 0.29) is 37.6 Å². The number of carboxylic acids is 1. The first-order chi connectivity index (χ1) is 12.4. The molecule has 4 N–H and O–H groups in total. The van der Waals surface area contributed by atoms with Crippen LogP contribution in [-0.4, -0.2) is 27.8 Å². The summed E-state index contributed by atoms with van der Waals surface area (Å²) in [5.41, 5.74) is 2.69. The summed E-state index contributed by atoms with van der Waals surface area (Å²) in [5.74, 6) is 0.159. The molecule has 1 aliphatic heterocycles. The molecule has 2 unspecified atom stereocenters. The van der Waals surface area contributed by atoms with Gasteiger partial charge < -0.3 is 20.4 Å². The van der Waals surface area contributed by atoms with Crippen LogP contribution in [-0.2, 0) is 6.42 Å². The van der Waals surface area contributed by atoms with Crippen LogP contribution in [0.5, 0.6) is 11.5 Å². The van der Waals surface area contributed by atoms with Gasteiger partial charge in [-0.25, -0.2) is 4.79 Å². The first-order valence-corrected chi connectivity index (χ1v) is 9.80. The van der Waals surface area contributed by atoms with Crippen LogP contribution < -0.4 is 4.74 Å². The number of allylic oxidation sites excluding steroid dienone is 1. The van der Waals surface area contributed by atoms with E-state index >= 15 is 0 Å².